The third-order valence-electron chi connectivity index (χ3n) is 2.43. The van der Waals surface area contributed by atoms with E-state index in [9.17, 15) is 8.42 Å². The fraction of sp³-hybridized carbons (Fsp3) is 0.0769. The van der Waals surface area contributed by atoms with Crippen molar-refractivity contribution in [2.75, 3.05) is 0 Å². The lowest BCUT2D eigenvalue weighted by Crippen LogP contribution is -2.11. The van der Waals surface area contributed by atoms with Crippen LogP contribution in [0, 0.1) is 0 Å². The van der Waals surface area contributed by atoms with Crippen molar-refractivity contribution in [3.05, 3.63) is 60.2 Å². The van der Waals surface area contributed by atoms with E-state index in [0.717, 1.165) is 0 Å². The van der Waals surface area contributed by atoms with Crippen molar-refractivity contribution in [3.8, 4) is 5.75 Å². The van der Waals surface area contributed by atoms with Gasteiger partial charge in [-0.1, -0.05) is 36.4 Å². The maximum Gasteiger partial charge on any atom is 0.339 e. The van der Waals surface area contributed by atoms with Crippen LogP contribution in [0.5, 0.6) is 5.75 Å². The normalized spacial score (nSPS) is 11.5. The smallest absolute Gasteiger partial charge is 0.339 e. The fourth-order valence-corrected chi connectivity index (χ4v) is 2.50. The molecule has 19 heavy (non-hydrogen) atoms. The standard InChI is InChI=1S/C13H12O5S/c14-13(15)11-8-4-5-9-12(11)18-19(16,17)10-6-2-1-3-7-10/h1-9,13-15H. The van der Waals surface area contributed by atoms with E-state index >= 15 is 0 Å². The molecule has 0 aliphatic carbocycles. The molecule has 0 unspecified atom stereocenters. The molecule has 0 heterocycles. The molecule has 2 rings (SSSR count). The van der Waals surface area contributed by atoms with Gasteiger partial charge in [0.25, 0.3) is 0 Å². The Kier molecular flexibility index (Phi) is 3.84. The van der Waals surface area contributed by atoms with E-state index in [1.807, 2.05) is 0 Å². The highest BCUT2D eigenvalue weighted by atomic mass is 32.2. The summed E-state index contributed by atoms with van der Waals surface area (Å²) in [6, 6.07) is 13.4. The lowest BCUT2D eigenvalue weighted by atomic mass is 10.2. The average Bonchev–Trinajstić information content (AvgIpc) is 2.39. The number of benzene rings is 2. The molecule has 0 bridgehead atoms. The first-order valence-electron chi connectivity index (χ1n) is 5.45. The number of aliphatic hydroxyl groups excluding tert-OH is 1. The van der Waals surface area contributed by atoms with Crippen molar-refractivity contribution in [1.82, 2.24) is 0 Å². The summed E-state index contributed by atoms with van der Waals surface area (Å²) in [5.74, 6) is -0.110. The van der Waals surface area contributed by atoms with Gasteiger partial charge in [0.05, 0.1) is 5.56 Å². The first-order chi connectivity index (χ1) is 9.00. The van der Waals surface area contributed by atoms with Crippen LogP contribution < -0.4 is 4.18 Å². The second-order valence-electron chi connectivity index (χ2n) is 3.76. The number of aliphatic hydroxyl groups is 2. The quantitative estimate of drug-likeness (QED) is 0.654. The van der Waals surface area contributed by atoms with Crippen molar-refractivity contribution in [2.24, 2.45) is 0 Å². The third-order valence-corrected chi connectivity index (χ3v) is 3.68. The maximum absolute atomic E-state index is 12.0. The molecule has 0 spiro atoms. The summed E-state index contributed by atoms with van der Waals surface area (Å²) in [5, 5.41) is 18.3. The highest BCUT2D eigenvalue weighted by Gasteiger charge is 2.19. The van der Waals surface area contributed by atoms with E-state index in [4.69, 9.17) is 14.4 Å². The molecule has 0 saturated heterocycles. The Morgan fingerprint density at radius 3 is 2.11 bits per heavy atom. The van der Waals surface area contributed by atoms with E-state index in [-0.39, 0.29) is 16.2 Å². The predicted octanol–water partition coefficient (Wildman–Crippen LogP) is 1.44. The lowest BCUT2D eigenvalue weighted by Gasteiger charge is -2.12. The minimum atomic E-state index is -3.99. The molecule has 5 nitrogen and oxygen atoms in total. The van der Waals surface area contributed by atoms with Gasteiger partial charge in [-0.2, -0.15) is 8.42 Å². The maximum atomic E-state index is 12.0. The van der Waals surface area contributed by atoms with E-state index in [2.05, 4.69) is 0 Å². The minimum absolute atomic E-state index is 0.00256. The molecule has 100 valence electrons. The number of para-hydroxylation sites is 1. The first kappa shape index (κ1) is 13.5. The Bertz CT molecular complexity index is 650. The Morgan fingerprint density at radius 2 is 1.47 bits per heavy atom. The molecule has 0 fully saturated rings. The molecule has 2 aromatic carbocycles. The highest BCUT2D eigenvalue weighted by molar-refractivity contribution is 7.87. The van der Waals surface area contributed by atoms with Crippen LogP contribution in [0.15, 0.2) is 59.5 Å². The molecule has 0 aliphatic rings. The monoisotopic (exact) mass is 280 g/mol. The largest absolute Gasteiger partial charge is 0.378 e. The zero-order valence-corrected chi connectivity index (χ0v) is 10.6. The van der Waals surface area contributed by atoms with Crippen LogP contribution in [0.3, 0.4) is 0 Å². The van der Waals surface area contributed by atoms with Gasteiger partial charge in [-0.05, 0) is 18.2 Å². The van der Waals surface area contributed by atoms with Crippen LogP contribution in [0.1, 0.15) is 11.9 Å². The van der Waals surface area contributed by atoms with Gasteiger partial charge in [0, 0.05) is 0 Å². The predicted molar refractivity (Wildman–Crippen MR) is 67.9 cm³/mol. The van der Waals surface area contributed by atoms with Gasteiger partial charge in [0.15, 0.2) is 12.0 Å². The second kappa shape index (κ2) is 5.40. The second-order valence-corrected chi connectivity index (χ2v) is 5.31. The van der Waals surface area contributed by atoms with Crippen molar-refractivity contribution in [1.29, 1.82) is 0 Å². The summed E-state index contributed by atoms with van der Waals surface area (Å²) in [4.78, 5) is -0.00256. The average molecular weight is 280 g/mol. The molecule has 2 N–H and O–H groups in total. The van der Waals surface area contributed by atoms with Gasteiger partial charge in [0.2, 0.25) is 0 Å². The number of hydrogen-bond acceptors (Lipinski definition) is 5. The van der Waals surface area contributed by atoms with Crippen LogP contribution in [0.4, 0.5) is 0 Å². The molecule has 0 aromatic heterocycles. The SMILES string of the molecule is O=S(=O)(Oc1ccccc1C(O)O)c1ccccc1. The topological polar surface area (TPSA) is 83.8 Å². The summed E-state index contributed by atoms with van der Waals surface area (Å²) in [5.41, 5.74) is -0.0120. The number of rotatable bonds is 4. The summed E-state index contributed by atoms with van der Waals surface area (Å²) >= 11 is 0. The first-order valence-corrected chi connectivity index (χ1v) is 6.86. The van der Waals surface area contributed by atoms with Crippen molar-refractivity contribution in [3.63, 3.8) is 0 Å². The van der Waals surface area contributed by atoms with Gasteiger partial charge < -0.3 is 14.4 Å². The molecule has 0 atom stereocenters. The van der Waals surface area contributed by atoms with Gasteiger partial charge in [-0.3, -0.25) is 0 Å². The van der Waals surface area contributed by atoms with Gasteiger partial charge >= 0.3 is 10.1 Å². The third kappa shape index (κ3) is 3.11. The van der Waals surface area contributed by atoms with Crippen LogP contribution in [-0.4, -0.2) is 18.6 Å². The van der Waals surface area contributed by atoms with Crippen LogP contribution in [0.25, 0.3) is 0 Å². The van der Waals surface area contributed by atoms with Crippen molar-refractivity contribution >= 4 is 10.1 Å². The molecule has 0 amide bonds. The highest BCUT2D eigenvalue weighted by Crippen LogP contribution is 2.26. The molecular formula is C13H12O5S. The summed E-state index contributed by atoms with van der Waals surface area (Å²) < 4.78 is 28.9. The zero-order chi connectivity index (χ0) is 13.9. The molecule has 2 aromatic rings. The van der Waals surface area contributed by atoms with Crippen molar-refractivity contribution in [2.45, 2.75) is 11.2 Å². The molecule has 0 radical (unpaired) electrons. The van der Waals surface area contributed by atoms with Gasteiger partial charge in [0.1, 0.15) is 4.90 Å². The Hall–Kier alpha value is -1.89. The Balaban J connectivity index is 2.37. The van der Waals surface area contributed by atoms with Crippen LogP contribution >= 0.6 is 0 Å². The van der Waals surface area contributed by atoms with Crippen LogP contribution in [-0.2, 0) is 10.1 Å². The molecule has 6 heteroatoms. The molecular weight excluding hydrogens is 268 g/mol. The van der Waals surface area contributed by atoms with Gasteiger partial charge in [-0.25, -0.2) is 0 Å². The molecule has 0 aliphatic heterocycles. The number of hydrogen-bond donors (Lipinski definition) is 2. The Morgan fingerprint density at radius 1 is 0.895 bits per heavy atom. The lowest BCUT2D eigenvalue weighted by molar-refractivity contribution is -0.0433. The summed E-state index contributed by atoms with van der Waals surface area (Å²) in [6.45, 7) is 0. The van der Waals surface area contributed by atoms with E-state index in [0.29, 0.717) is 0 Å². The van der Waals surface area contributed by atoms with E-state index < -0.39 is 16.4 Å². The fourth-order valence-electron chi connectivity index (χ4n) is 1.52. The van der Waals surface area contributed by atoms with Gasteiger partial charge in [-0.15, -0.1) is 0 Å². The van der Waals surface area contributed by atoms with E-state index in [1.165, 1.54) is 24.3 Å². The minimum Gasteiger partial charge on any atom is -0.378 e. The summed E-state index contributed by atoms with van der Waals surface area (Å²) in [6.07, 6.45) is -1.80. The van der Waals surface area contributed by atoms with Crippen LogP contribution in [0.2, 0.25) is 0 Å². The van der Waals surface area contributed by atoms with Crippen molar-refractivity contribution < 1.29 is 22.8 Å². The molecule has 0 saturated carbocycles. The Labute approximate surface area is 110 Å². The summed E-state index contributed by atoms with van der Waals surface area (Å²) in [7, 11) is -3.99. The van der Waals surface area contributed by atoms with E-state index in [1.54, 1.807) is 30.3 Å². The zero-order valence-electron chi connectivity index (χ0n) is 9.80.